The molecule has 0 unspecified atom stereocenters. The summed E-state index contributed by atoms with van der Waals surface area (Å²) in [5, 5.41) is 33.3. The van der Waals surface area contributed by atoms with Crippen LogP contribution in [0.15, 0.2) is 56.8 Å². The number of hydrogen-bond donors (Lipinski definition) is 3. The van der Waals surface area contributed by atoms with Crippen molar-refractivity contribution in [3.8, 4) is 22.6 Å². The number of aryl methyl sites for hydroxylation is 4. The molecule has 1 aliphatic rings. The van der Waals surface area contributed by atoms with Crippen LogP contribution in [0.3, 0.4) is 0 Å². The van der Waals surface area contributed by atoms with Gasteiger partial charge in [0.2, 0.25) is 0 Å². The molecule has 0 saturated carbocycles. The second-order valence-corrected chi connectivity index (χ2v) is 9.30. The maximum Gasteiger partial charge on any atom is 0.346 e. The van der Waals surface area contributed by atoms with Crippen LogP contribution in [0, 0.1) is 13.8 Å². The summed E-state index contributed by atoms with van der Waals surface area (Å²) < 4.78 is 1.45. The zero-order chi connectivity index (χ0) is 24.0. The standard InChI is InChI=1S/C25H22N4O4S/c1-13-10-19(18-8-9-34-23(18)25(32)33)22(30)20(11-13)26-27-21-14(2)28-29(24(21)31)17-7-6-15-4-3-5-16(15)12-17/h6-12,28,30H,3-5H2,1-2H3,(H,32,33). The molecule has 5 rings (SSSR count). The van der Waals surface area contributed by atoms with E-state index in [0.29, 0.717) is 16.8 Å². The van der Waals surface area contributed by atoms with Crippen molar-refractivity contribution in [1.29, 1.82) is 0 Å². The number of aromatic hydroxyl groups is 1. The molecule has 0 amide bonds. The van der Waals surface area contributed by atoms with Crippen LogP contribution in [0.2, 0.25) is 0 Å². The summed E-state index contributed by atoms with van der Waals surface area (Å²) in [5.41, 5.74) is 5.37. The summed E-state index contributed by atoms with van der Waals surface area (Å²) in [4.78, 5) is 24.8. The Morgan fingerprint density at radius 2 is 1.85 bits per heavy atom. The van der Waals surface area contributed by atoms with E-state index in [2.05, 4.69) is 21.4 Å². The molecule has 0 atom stereocenters. The first-order chi connectivity index (χ1) is 16.3. The smallest absolute Gasteiger partial charge is 0.346 e. The number of benzene rings is 2. The van der Waals surface area contributed by atoms with Gasteiger partial charge in [-0.15, -0.1) is 21.6 Å². The molecule has 4 aromatic rings. The third kappa shape index (κ3) is 3.73. The van der Waals surface area contributed by atoms with Gasteiger partial charge in [0.05, 0.1) is 11.4 Å². The van der Waals surface area contributed by atoms with Gasteiger partial charge < -0.3 is 10.2 Å². The van der Waals surface area contributed by atoms with E-state index in [-0.39, 0.29) is 27.6 Å². The Hall–Kier alpha value is -3.98. The second kappa shape index (κ2) is 8.42. The quantitative estimate of drug-likeness (QED) is 0.316. The lowest BCUT2D eigenvalue weighted by atomic mass is 10.0. The lowest BCUT2D eigenvalue weighted by Crippen LogP contribution is -2.14. The van der Waals surface area contributed by atoms with E-state index in [0.717, 1.165) is 41.9 Å². The number of nitrogens with zero attached hydrogens (tertiary/aromatic N) is 3. The van der Waals surface area contributed by atoms with Crippen LogP contribution in [0.4, 0.5) is 11.4 Å². The maximum absolute atomic E-state index is 13.1. The number of azo groups is 1. The number of aromatic nitrogens is 2. The van der Waals surface area contributed by atoms with Gasteiger partial charge in [-0.2, -0.15) is 0 Å². The van der Waals surface area contributed by atoms with Crippen molar-refractivity contribution >= 4 is 28.7 Å². The van der Waals surface area contributed by atoms with Gasteiger partial charge in [-0.25, -0.2) is 9.48 Å². The molecule has 0 bridgehead atoms. The highest BCUT2D eigenvalue weighted by Crippen LogP contribution is 2.41. The van der Waals surface area contributed by atoms with Crippen molar-refractivity contribution < 1.29 is 15.0 Å². The fourth-order valence-corrected chi connectivity index (χ4v) is 5.11. The molecule has 8 nitrogen and oxygen atoms in total. The Morgan fingerprint density at radius 3 is 2.65 bits per heavy atom. The fourth-order valence-electron chi connectivity index (χ4n) is 4.37. The summed E-state index contributed by atoms with van der Waals surface area (Å²) >= 11 is 1.08. The van der Waals surface area contributed by atoms with Crippen molar-refractivity contribution in [2.45, 2.75) is 33.1 Å². The molecule has 2 heterocycles. The first-order valence-corrected chi connectivity index (χ1v) is 11.7. The molecule has 3 N–H and O–H groups in total. The number of fused-ring (bicyclic) bond motifs is 1. The van der Waals surface area contributed by atoms with E-state index in [1.165, 1.54) is 15.8 Å². The molecular weight excluding hydrogens is 452 g/mol. The number of carboxylic acids is 1. The van der Waals surface area contributed by atoms with Gasteiger partial charge in [0.25, 0.3) is 5.56 Å². The first kappa shape index (κ1) is 21.8. The highest BCUT2D eigenvalue weighted by atomic mass is 32.1. The molecular formula is C25H22N4O4S. The number of aromatic carboxylic acids is 1. The van der Waals surface area contributed by atoms with Crippen LogP contribution in [0.5, 0.6) is 5.75 Å². The number of aromatic amines is 1. The molecule has 0 fully saturated rings. The fraction of sp³-hybridized carbons (Fsp3) is 0.200. The average Bonchev–Trinajstić information content (AvgIpc) is 3.53. The lowest BCUT2D eigenvalue weighted by molar-refractivity contribution is 0.0703. The van der Waals surface area contributed by atoms with Gasteiger partial charge in [-0.1, -0.05) is 6.07 Å². The number of H-pyrrole nitrogens is 1. The zero-order valence-electron chi connectivity index (χ0n) is 18.6. The lowest BCUT2D eigenvalue weighted by Gasteiger charge is -2.08. The summed E-state index contributed by atoms with van der Waals surface area (Å²) in [6.45, 7) is 3.56. The van der Waals surface area contributed by atoms with Crippen LogP contribution in [0.25, 0.3) is 16.8 Å². The molecule has 0 aliphatic heterocycles. The average molecular weight is 475 g/mol. The third-order valence-corrected chi connectivity index (χ3v) is 6.92. The van der Waals surface area contributed by atoms with E-state index in [4.69, 9.17) is 0 Å². The van der Waals surface area contributed by atoms with E-state index in [9.17, 15) is 19.8 Å². The number of carboxylic acid groups (broad SMARTS) is 1. The summed E-state index contributed by atoms with van der Waals surface area (Å²) in [6, 6.07) is 11.0. The molecule has 172 valence electrons. The Kier molecular flexibility index (Phi) is 5.41. The summed E-state index contributed by atoms with van der Waals surface area (Å²) in [6.07, 6.45) is 3.19. The van der Waals surface area contributed by atoms with E-state index in [1.54, 1.807) is 30.5 Å². The van der Waals surface area contributed by atoms with Gasteiger partial charge in [0.15, 0.2) is 11.4 Å². The third-order valence-electron chi connectivity index (χ3n) is 6.02. The first-order valence-electron chi connectivity index (χ1n) is 10.8. The number of nitrogens with one attached hydrogen (secondary N) is 1. The minimum atomic E-state index is -1.07. The van der Waals surface area contributed by atoms with Crippen LogP contribution in [-0.4, -0.2) is 26.0 Å². The molecule has 0 radical (unpaired) electrons. The van der Waals surface area contributed by atoms with E-state index >= 15 is 0 Å². The largest absolute Gasteiger partial charge is 0.505 e. The monoisotopic (exact) mass is 474 g/mol. The Balaban J connectivity index is 1.53. The van der Waals surface area contributed by atoms with Crippen LogP contribution >= 0.6 is 11.3 Å². The van der Waals surface area contributed by atoms with Crippen molar-refractivity contribution in [1.82, 2.24) is 9.78 Å². The number of thiophene rings is 1. The SMILES string of the molecule is Cc1cc(N=Nc2c(C)[nH]n(-c3ccc4c(c3)CCC4)c2=O)c(O)c(-c2ccsc2C(=O)O)c1. The van der Waals surface area contributed by atoms with Crippen LogP contribution in [-0.2, 0) is 12.8 Å². The summed E-state index contributed by atoms with van der Waals surface area (Å²) in [5.74, 6) is -1.26. The number of rotatable bonds is 5. The predicted octanol–water partition coefficient (Wildman–Crippen LogP) is 5.82. The van der Waals surface area contributed by atoms with Gasteiger partial charge in [-0.3, -0.25) is 9.89 Å². The molecule has 34 heavy (non-hydrogen) atoms. The number of phenols is 1. The second-order valence-electron chi connectivity index (χ2n) is 8.38. The minimum absolute atomic E-state index is 0.127. The molecule has 1 aliphatic carbocycles. The molecule has 9 heteroatoms. The summed E-state index contributed by atoms with van der Waals surface area (Å²) in [7, 11) is 0. The van der Waals surface area contributed by atoms with Crippen molar-refractivity contribution in [2.24, 2.45) is 10.2 Å². The van der Waals surface area contributed by atoms with Crippen LogP contribution in [0.1, 0.15) is 38.5 Å². The minimum Gasteiger partial charge on any atom is -0.505 e. The maximum atomic E-state index is 13.1. The molecule has 2 aromatic carbocycles. The van der Waals surface area contributed by atoms with E-state index < -0.39 is 5.97 Å². The highest BCUT2D eigenvalue weighted by molar-refractivity contribution is 7.12. The number of hydrogen-bond acceptors (Lipinski definition) is 6. The van der Waals surface area contributed by atoms with Crippen molar-refractivity contribution in [3.05, 3.63) is 79.4 Å². The number of phenolic OH excluding ortho intramolecular Hbond substituents is 1. The van der Waals surface area contributed by atoms with Crippen molar-refractivity contribution in [2.75, 3.05) is 0 Å². The van der Waals surface area contributed by atoms with Gasteiger partial charge in [-0.05, 0) is 85.5 Å². The van der Waals surface area contributed by atoms with Gasteiger partial charge in [0, 0.05) is 11.1 Å². The molecule has 0 saturated heterocycles. The topological polar surface area (TPSA) is 120 Å². The number of carbonyl (C=O) groups is 1. The van der Waals surface area contributed by atoms with Crippen molar-refractivity contribution in [3.63, 3.8) is 0 Å². The Labute approximate surface area is 198 Å². The van der Waals surface area contributed by atoms with Gasteiger partial charge >= 0.3 is 5.97 Å². The van der Waals surface area contributed by atoms with E-state index in [1.807, 2.05) is 19.1 Å². The van der Waals surface area contributed by atoms with Crippen LogP contribution < -0.4 is 5.56 Å². The Bertz CT molecular complexity index is 1530. The predicted molar refractivity (Wildman–Crippen MR) is 130 cm³/mol. The molecule has 2 aromatic heterocycles. The molecule has 0 spiro atoms. The van der Waals surface area contributed by atoms with Gasteiger partial charge in [0.1, 0.15) is 10.6 Å². The normalized spacial score (nSPS) is 13.0. The Morgan fingerprint density at radius 1 is 1.06 bits per heavy atom. The highest BCUT2D eigenvalue weighted by Gasteiger charge is 2.20. The zero-order valence-corrected chi connectivity index (χ0v) is 19.4.